The van der Waals surface area contributed by atoms with Crippen LogP contribution in [-0.2, 0) is 14.4 Å². The molecule has 12 heteroatoms. The van der Waals surface area contributed by atoms with Crippen molar-refractivity contribution in [3.05, 3.63) is 0 Å². The van der Waals surface area contributed by atoms with Crippen LogP contribution in [-0.4, -0.2) is 113 Å². The van der Waals surface area contributed by atoms with E-state index in [4.69, 9.17) is 40.9 Å². The van der Waals surface area contributed by atoms with Gasteiger partial charge in [0.15, 0.2) is 6.10 Å². The Kier molecular flexibility index (Phi) is 16.0. The molecule has 0 heterocycles. The van der Waals surface area contributed by atoms with Gasteiger partial charge >= 0.3 is 41.0 Å². The number of aliphatic hydroxyl groups is 5. The monoisotopic (exact) mass is 338 g/mol. The van der Waals surface area contributed by atoms with Crippen LogP contribution in [0.3, 0.4) is 0 Å². The summed E-state index contributed by atoms with van der Waals surface area (Å²) in [7, 11) is 0. The van der Waals surface area contributed by atoms with Gasteiger partial charge in [-0.1, -0.05) is 0 Å². The molecule has 22 heavy (non-hydrogen) atoms. The molecule has 4 atom stereocenters. The second-order valence-corrected chi connectivity index (χ2v) is 3.80. The average molecular weight is 339 g/mol. The Balaban J connectivity index is -0.000000348. The van der Waals surface area contributed by atoms with Crippen LogP contribution in [0.1, 0.15) is 12.8 Å². The van der Waals surface area contributed by atoms with Gasteiger partial charge in [0, 0.05) is 0 Å². The van der Waals surface area contributed by atoms with E-state index in [0.717, 1.165) is 0 Å². The SMILES string of the molecule is O=C(O)CCC(=O)O.O=C(O)[C@@H](O)[C@H](O)[C@@H](O)[C@@H](O)CO.[Mg+2]. The standard InChI is InChI=1S/C6H12O7.C4H6O4.Mg/c7-1-2(8)3(9)4(10)5(11)6(12)13;5-3(6)1-2-4(7)8;/h2-5,7-11H,1H2,(H,12,13);1-2H2,(H,5,6)(H,7,8);/q;;+2/t2-,3-,4+,5-;;/m0../s1. The van der Waals surface area contributed by atoms with Crippen molar-refractivity contribution in [3.63, 3.8) is 0 Å². The zero-order valence-corrected chi connectivity index (χ0v) is 12.9. The first-order valence-corrected chi connectivity index (χ1v) is 5.54. The maximum absolute atomic E-state index is 10.1. The molecule has 0 aromatic heterocycles. The molecule has 0 amide bonds. The third-order valence-electron chi connectivity index (χ3n) is 2.06. The summed E-state index contributed by atoms with van der Waals surface area (Å²) in [6, 6.07) is 0. The molecule has 0 aromatic rings. The van der Waals surface area contributed by atoms with E-state index in [-0.39, 0.29) is 35.9 Å². The van der Waals surface area contributed by atoms with Crippen LogP contribution in [0.15, 0.2) is 0 Å². The molecule has 0 aromatic carbocycles. The molecule has 0 saturated carbocycles. The minimum Gasteiger partial charge on any atom is -0.481 e. The van der Waals surface area contributed by atoms with E-state index in [1.54, 1.807) is 0 Å². The molecular formula is C10H18MgO11+2. The van der Waals surface area contributed by atoms with Gasteiger partial charge in [0.25, 0.3) is 0 Å². The van der Waals surface area contributed by atoms with E-state index in [1.807, 2.05) is 0 Å². The van der Waals surface area contributed by atoms with Gasteiger partial charge in [-0.05, 0) is 0 Å². The molecule has 0 aliphatic carbocycles. The summed E-state index contributed by atoms with van der Waals surface area (Å²) in [6.07, 6.45) is -8.43. The number of carboxylic acid groups (broad SMARTS) is 3. The Morgan fingerprint density at radius 1 is 0.773 bits per heavy atom. The molecular weight excluding hydrogens is 320 g/mol. The largest absolute Gasteiger partial charge is 2.00 e. The topological polar surface area (TPSA) is 213 Å². The predicted molar refractivity (Wildman–Crippen MR) is 69.0 cm³/mol. The second-order valence-electron chi connectivity index (χ2n) is 3.80. The van der Waals surface area contributed by atoms with E-state index in [2.05, 4.69) is 0 Å². The van der Waals surface area contributed by atoms with Gasteiger partial charge in [0.05, 0.1) is 19.4 Å². The maximum Gasteiger partial charge on any atom is 2.00 e. The first-order chi connectivity index (χ1) is 9.54. The molecule has 0 fully saturated rings. The van der Waals surface area contributed by atoms with Crippen LogP contribution < -0.4 is 0 Å². The number of aliphatic hydroxyl groups excluding tert-OH is 5. The number of carbonyl (C=O) groups is 3. The van der Waals surface area contributed by atoms with E-state index in [1.165, 1.54) is 0 Å². The van der Waals surface area contributed by atoms with Crippen LogP contribution in [0, 0.1) is 0 Å². The Morgan fingerprint density at radius 2 is 1.14 bits per heavy atom. The van der Waals surface area contributed by atoms with E-state index < -0.39 is 48.9 Å². The number of rotatable bonds is 8. The van der Waals surface area contributed by atoms with Crippen molar-refractivity contribution in [3.8, 4) is 0 Å². The third kappa shape index (κ3) is 12.7. The molecule has 0 spiro atoms. The Hall–Kier alpha value is -1.02. The summed E-state index contributed by atoms with van der Waals surface area (Å²) in [5.41, 5.74) is 0. The van der Waals surface area contributed by atoms with Gasteiger partial charge in [-0.3, -0.25) is 9.59 Å². The zero-order chi connectivity index (χ0) is 17.2. The summed E-state index contributed by atoms with van der Waals surface area (Å²) in [6.45, 7) is -0.843. The number of aliphatic carboxylic acids is 3. The van der Waals surface area contributed by atoms with Crippen molar-refractivity contribution < 1.29 is 55.2 Å². The first kappa shape index (κ1) is 25.9. The maximum atomic E-state index is 10.1. The van der Waals surface area contributed by atoms with Gasteiger partial charge in [-0.25, -0.2) is 4.79 Å². The Morgan fingerprint density at radius 3 is 1.36 bits per heavy atom. The summed E-state index contributed by atoms with van der Waals surface area (Å²) in [5.74, 6) is -3.88. The third-order valence-corrected chi connectivity index (χ3v) is 2.06. The van der Waals surface area contributed by atoms with Crippen molar-refractivity contribution in [1.29, 1.82) is 0 Å². The van der Waals surface area contributed by atoms with Gasteiger partial charge < -0.3 is 40.9 Å². The smallest absolute Gasteiger partial charge is 0.481 e. The predicted octanol–water partition coefficient (Wildman–Crippen LogP) is -3.94. The van der Waals surface area contributed by atoms with Crippen LogP contribution in [0.2, 0.25) is 0 Å². The van der Waals surface area contributed by atoms with Gasteiger partial charge in [0.2, 0.25) is 0 Å². The fraction of sp³-hybridized carbons (Fsp3) is 0.700. The minimum atomic E-state index is -2.20. The second kappa shape index (κ2) is 13.6. The normalized spacial score (nSPS) is 15.1. The fourth-order valence-electron chi connectivity index (χ4n) is 0.882. The van der Waals surface area contributed by atoms with Crippen LogP contribution in [0.4, 0.5) is 0 Å². The van der Waals surface area contributed by atoms with Crippen LogP contribution in [0.25, 0.3) is 0 Å². The molecule has 11 nitrogen and oxygen atoms in total. The fourth-order valence-corrected chi connectivity index (χ4v) is 0.882. The van der Waals surface area contributed by atoms with E-state index in [9.17, 15) is 14.4 Å². The van der Waals surface area contributed by atoms with E-state index >= 15 is 0 Å². The first-order valence-electron chi connectivity index (χ1n) is 5.54. The molecule has 0 aliphatic heterocycles. The summed E-state index contributed by atoms with van der Waals surface area (Å²) in [4.78, 5) is 29.4. The molecule has 124 valence electrons. The molecule has 0 aliphatic rings. The van der Waals surface area contributed by atoms with Crippen LogP contribution >= 0.6 is 0 Å². The van der Waals surface area contributed by atoms with Crippen molar-refractivity contribution in [2.75, 3.05) is 6.61 Å². The molecule has 0 radical (unpaired) electrons. The van der Waals surface area contributed by atoms with E-state index in [0.29, 0.717) is 0 Å². The van der Waals surface area contributed by atoms with Crippen molar-refractivity contribution in [1.82, 2.24) is 0 Å². The zero-order valence-electron chi connectivity index (χ0n) is 11.4. The summed E-state index contributed by atoms with van der Waals surface area (Å²) < 4.78 is 0. The Bertz CT molecular complexity index is 334. The molecule has 0 rings (SSSR count). The van der Waals surface area contributed by atoms with Crippen molar-refractivity contribution >= 4 is 41.0 Å². The van der Waals surface area contributed by atoms with Gasteiger partial charge in [0.1, 0.15) is 18.3 Å². The quantitative estimate of drug-likeness (QED) is 0.200. The average Bonchev–Trinajstić information content (AvgIpc) is 2.42. The Labute approximate surface area is 140 Å². The minimum absolute atomic E-state index is 0. The number of hydrogen-bond donors (Lipinski definition) is 8. The van der Waals surface area contributed by atoms with Gasteiger partial charge in [-0.15, -0.1) is 0 Å². The molecule has 0 bridgehead atoms. The molecule has 0 saturated heterocycles. The molecule has 8 N–H and O–H groups in total. The summed E-state index contributed by atoms with van der Waals surface area (Å²) >= 11 is 0. The van der Waals surface area contributed by atoms with Crippen molar-refractivity contribution in [2.45, 2.75) is 37.3 Å². The molecule has 0 unspecified atom stereocenters. The number of carboxylic acids is 3. The van der Waals surface area contributed by atoms with Crippen molar-refractivity contribution in [2.24, 2.45) is 0 Å². The number of hydrogen-bond acceptors (Lipinski definition) is 8. The van der Waals surface area contributed by atoms with Crippen LogP contribution in [0.5, 0.6) is 0 Å². The summed E-state index contributed by atoms with van der Waals surface area (Å²) in [5, 5.41) is 67.6. The van der Waals surface area contributed by atoms with Gasteiger partial charge in [-0.2, -0.15) is 0 Å².